The molecule has 0 saturated carbocycles. The largest absolute Gasteiger partial charge is 0.480 e. The first-order chi connectivity index (χ1) is 7.66. The summed E-state index contributed by atoms with van der Waals surface area (Å²) < 4.78 is -0.909. The van der Waals surface area contributed by atoms with Crippen LogP contribution in [0, 0.1) is 5.41 Å². The maximum atomic E-state index is 9.12. The first-order valence-electron chi connectivity index (χ1n) is 4.48. The van der Waals surface area contributed by atoms with E-state index in [2.05, 4.69) is 37.9 Å². The van der Waals surface area contributed by atoms with Crippen molar-refractivity contribution in [2.75, 3.05) is 26.4 Å². The van der Waals surface area contributed by atoms with E-state index in [1.807, 2.05) is 0 Å². The van der Waals surface area contributed by atoms with Crippen molar-refractivity contribution in [2.45, 2.75) is 9.83 Å². The van der Waals surface area contributed by atoms with E-state index in [1.165, 1.54) is 0 Å². The van der Waals surface area contributed by atoms with Crippen LogP contribution in [0.5, 0.6) is 0 Å². The lowest BCUT2D eigenvalue weighted by Gasteiger charge is -2.32. The van der Waals surface area contributed by atoms with Crippen LogP contribution in [0.3, 0.4) is 0 Å². The van der Waals surface area contributed by atoms with Crippen LogP contribution < -0.4 is 0 Å². The van der Waals surface area contributed by atoms with Crippen LogP contribution in [-0.2, 0) is 4.79 Å². The van der Waals surface area contributed by atoms with Gasteiger partial charge in [-0.15, -0.1) is 0 Å². The van der Waals surface area contributed by atoms with Crippen LogP contribution in [0.1, 0.15) is 6.42 Å². The molecule has 6 nitrogen and oxygen atoms in total. The number of thiol groups is 3. The van der Waals surface area contributed by atoms with E-state index in [0.29, 0.717) is 0 Å². The Balaban J connectivity index is 0. The molecule has 0 amide bonds. The van der Waals surface area contributed by atoms with E-state index in [0.717, 1.165) is 0 Å². The fraction of sp³-hybridized carbons (Fsp3) is 0.875. The van der Waals surface area contributed by atoms with Crippen LogP contribution in [0.15, 0.2) is 0 Å². The molecule has 5 N–H and O–H groups in total. The molecule has 0 aliphatic heterocycles. The Morgan fingerprint density at radius 3 is 1.29 bits per heavy atom. The van der Waals surface area contributed by atoms with Gasteiger partial charge in [0, 0.05) is 5.41 Å². The minimum absolute atomic E-state index is 0.207. The average Bonchev–Trinajstić information content (AvgIpc) is 2.25. The number of aliphatic carboxylic acids is 1. The summed E-state index contributed by atoms with van der Waals surface area (Å²) in [6.07, 6.45) is 0.207. The lowest BCUT2D eigenvalue weighted by molar-refractivity contribution is -0.140. The van der Waals surface area contributed by atoms with Crippen LogP contribution >= 0.6 is 37.9 Å². The van der Waals surface area contributed by atoms with E-state index in [-0.39, 0.29) is 26.2 Å². The molecule has 0 heterocycles. The summed E-state index contributed by atoms with van der Waals surface area (Å²) in [5.74, 6) is -1.19. The number of carboxylic acids is 1. The fourth-order valence-electron chi connectivity index (χ4n) is 0.821. The van der Waals surface area contributed by atoms with E-state index in [9.17, 15) is 0 Å². The summed E-state index contributed by atoms with van der Waals surface area (Å²) in [5.41, 5.74) is -0.953. The van der Waals surface area contributed by atoms with E-state index in [1.54, 1.807) is 0 Å². The number of aliphatic hydroxyl groups is 4. The quantitative estimate of drug-likeness (QED) is 0.232. The highest BCUT2D eigenvalue weighted by atomic mass is 32.2. The Bertz CT molecular complexity index is 206. The topological polar surface area (TPSA) is 118 Å². The second kappa shape index (κ2) is 9.31. The molecule has 0 atom stereocenters. The van der Waals surface area contributed by atoms with Gasteiger partial charge < -0.3 is 25.5 Å². The van der Waals surface area contributed by atoms with Gasteiger partial charge in [0.2, 0.25) is 0 Å². The normalized spacial score (nSPS) is 11.7. The van der Waals surface area contributed by atoms with Crippen molar-refractivity contribution in [1.82, 2.24) is 0 Å². The van der Waals surface area contributed by atoms with Gasteiger partial charge in [0.05, 0.1) is 23.2 Å². The molecule has 0 aromatic rings. The molecule has 0 fully saturated rings. The van der Waals surface area contributed by atoms with Crippen molar-refractivity contribution >= 4 is 43.9 Å². The first kappa shape index (κ1) is 19.7. The Kier molecular flexibility index (Phi) is 10.8. The third kappa shape index (κ3) is 11.2. The third-order valence-electron chi connectivity index (χ3n) is 1.75. The molecule has 0 bridgehead atoms. The monoisotopic (exact) mass is 306 g/mol. The lowest BCUT2D eigenvalue weighted by atomic mass is 9.88. The molecule has 0 spiro atoms. The molecule has 0 unspecified atom stereocenters. The van der Waals surface area contributed by atoms with E-state index in [4.69, 9.17) is 30.3 Å². The van der Waals surface area contributed by atoms with Gasteiger partial charge in [-0.1, -0.05) is 0 Å². The molecule has 0 aliphatic carbocycles. The van der Waals surface area contributed by atoms with Gasteiger partial charge in [-0.2, -0.15) is 37.9 Å². The van der Waals surface area contributed by atoms with Gasteiger partial charge in [-0.3, -0.25) is 0 Å². The highest BCUT2D eigenvalue weighted by Crippen LogP contribution is 2.37. The summed E-state index contributed by atoms with van der Waals surface area (Å²) >= 11 is 12.0. The van der Waals surface area contributed by atoms with Gasteiger partial charge >= 0.3 is 5.97 Å². The number of aliphatic hydroxyl groups excluding tert-OH is 4. The number of carboxylic acid groups (broad SMARTS) is 1. The zero-order valence-electron chi connectivity index (χ0n) is 9.02. The number of hydrogen-bond acceptors (Lipinski definition) is 8. The molecule has 0 rings (SSSR count). The molecule has 0 aliphatic rings. The molecule has 9 heteroatoms. The first-order valence-corrected chi connectivity index (χ1v) is 5.83. The minimum atomic E-state index is -1.19. The number of carbonyl (C=O) groups is 1. The summed E-state index contributed by atoms with van der Waals surface area (Å²) in [6.45, 7) is -1.73. The highest BCUT2D eigenvalue weighted by Gasteiger charge is 2.34. The Morgan fingerprint density at radius 2 is 1.24 bits per heavy atom. The minimum Gasteiger partial charge on any atom is -0.480 e. The second-order valence-electron chi connectivity index (χ2n) is 3.48. The maximum absolute atomic E-state index is 9.12. The van der Waals surface area contributed by atoms with Crippen LogP contribution in [0.4, 0.5) is 0 Å². The Morgan fingerprint density at radius 1 is 0.941 bits per heavy atom. The van der Waals surface area contributed by atoms with E-state index < -0.39 is 21.4 Å². The predicted octanol–water partition coefficient (Wildman–Crippen LogP) is -1.15. The van der Waals surface area contributed by atoms with Crippen molar-refractivity contribution in [3.05, 3.63) is 0 Å². The van der Waals surface area contributed by atoms with Crippen LogP contribution in [0.2, 0.25) is 0 Å². The highest BCUT2D eigenvalue weighted by molar-refractivity contribution is 8.16. The molecule has 0 saturated heterocycles. The van der Waals surface area contributed by atoms with Crippen molar-refractivity contribution in [1.29, 1.82) is 0 Å². The molecule has 0 aromatic heterocycles. The zero-order chi connectivity index (χ0) is 14.1. The zero-order valence-corrected chi connectivity index (χ0v) is 11.7. The molecule has 0 radical (unpaired) electrons. The molecular weight excluding hydrogens is 288 g/mol. The molecule has 0 aromatic carbocycles. The number of hydrogen-bond donors (Lipinski definition) is 8. The average molecular weight is 306 g/mol. The maximum Gasteiger partial charge on any atom is 0.329 e. The van der Waals surface area contributed by atoms with E-state index >= 15 is 0 Å². The summed E-state index contributed by atoms with van der Waals surface area (Å²) in [5, 5.41) is 41.8. The third-order valence-corrected chi connectivity index (χ3v) is 2.23. The van der Waals surface area contributed by atoms with Gasteiger partial charge in [-0.05, 0) is 6.42 Å². The summed E-state index contributed by atoms with van der Waals surface area (Å²) in [7, 11) is 0. The lowest BCUT2D eigenvalue weighted by Crippen LogP contribution is -2.37. The van der Waals surface area contributed by atoms with Crippen molar-refractivity contribution < 1.29 is 30.3 Å². The van der Waals surface area contributed by atoms with Crippen LogP contribution in [0.25, 0.3) is 0 Å². The van der Waals surface area contributed by atoms with Gasteiger partial charge in [0.1, 0.15) is 6.61 Å². The van der Waals surface area contributed by atoms with Gasteiger partial charge in [0.15, 0.2) is 0 Å². The summed E-state index contributed by atoms with van der Waals surface area (Å²) in [6, 6.07) is 0. The Labute approximate surface area is 116 Å². The van der Waals surface area contributed by atoms with Crippen LogP contribution in [-0.4, -0.2) is 61.3 Å². The standard InChI is InChI=1S/C6H14O3S3.C2H4O3/c7-2-5(3-8,4-9)1-6(10,11)12;3-1-2(4)5/h7-12H,1-4H2;3H,1H2,(H,4,5). The predicted molar refractivity (Wildman–Crippen MR) is 72.7 cm³/mol. The number of rotatable bonds is 6. The Hall–Kier alpha value is 0.360. The van der Waals surface area contributed by atoms with Crippen molar-refractivity contribution in [3.63, 3.8) is 0 Å². The van der Waals surface area contributed by atoms with Crippen molar-refractivity contribution in [2.24, 2.45) is 5.41 Å². The molecular formula is C8H18O6S3. The SMILES string of the molecule is O=C(O)CO.OCC(CO)(CO)CC(S)(S)S. The summed E-state index contributed by atoms with van der Waals surface area (Å²) in [4.78, 5) is 9.12. The van der Waals surface area contributed by atoms with Gasteiger partial charge in [-0.25, -0.2) is 4.79 Å². The molecule has 104 valence electrons. The molecule has 17 heavy (non-hydrogen) atoms. The van der Waals surface area contributed by atoms with Gasteiger partial charge in [0.25, 0.3) is 0 Å². The van der Waals surface area contributed by atoms with Crippen molar-refractivity contribution in [3.8, 4) is 0 Å². The smallest absolute Gasteiger partial charge is 0.329 e. The second-order valence-corrected chi connectivity index (χ2v) is 6.83. The fourth-order valence-corrected chi connectivity index (χ4v) is 1.83.